The molecule has 4 rings (SSSR count). The summed E-state index contributed by atoms with van der Waals surface area (Å²) in [6, 6.07) is 16.0. The number of rotatable bonds is 5. The number of carbonyl (C=O) groups is 1. The summed E-state index contributed by atoms with van der Waals surface area (Å²) in [5, 5.41) is 3.71. The van der Waals surface area contributed by atoms with E-state index < -0.39 is 0 Å². The van der Waals surface area contributed by atoms with Crippen molar-refractivity contribution >= 4 is 67.9 Å². The van der Waals surface area contributed by atoms with Gasteiger partial charge < -0.3 is 14.5 Å². The molecular weight excluding hydrogens is 503 g/mol. The largest absolute Gasteiger partial charge is 0.496 e. The minimum Gasteiger partial charge on any atom is -0.496 e. The molecule has 0 aliphatic rings. The number of anilines is 1. The van der Waals surface area contributed by atoms with Crippen molar-refractivity contribution in [2.75, 3.05) is 12.4 Å². The van der Waals surface area contributed by atoms with Crippen LogP contribution < -0.4 is 10.1 Å². The normalized spacial score (nSPS) is 11.2. The van der Waals surface area contributed by atoms with Crippen LogP contribution in [0.25, 0.3) is 28.6 Å². The smallest absolute Gasteiger partial charge is 0.248 e. The van der Waals surface area contributed by atoms with Gasteiger partial charge in [0.25, 0.3) is 0 Å². The average molecular weight is 518 g/mol. The van der Waals surface area contributed by atoms with E-state index in [0.717, 1.165) is 15.6 Å². The molecule has 0 bridgehead atoms. The molecule has 1 aromatic heterocycles. The number of hydrogen-bond acceptors (Lipinski definition) is 4. The van der Waals surface area contributed by atoms with Crippen molar-refractivity contribution in [3.05, 3.63) is 80.8 Å². The monoisotopic (exact) mass is 516 g/mol. The minimum absolute atomic E-state index is 0.266. The quantitative estimate of drug-likeness (QED) is 0.284. The van der Waals surface area contributed by atoms with Crippen molar-refractivity contribution in [2.24, 2.45) is 0 Å². The van der Waals surface area contributed by atoms with E-state index in [1.165, 1.54) is 6.08 Å². The van der Waals surface area contributed by atoms with Crippen molar-refractivity contribution in [3.8, 4) is 17.2 Å². The number of oxazole rings is 1. The lowest BCUT2D eigenvalue weighted by atomic mass is 10.2. The number of amides is 1. The fourth-order valence-corrected chi connectivity index (χ4v) is 3.86. The van der Waals surface area contributed by atoms with Gasteiger partial charge in [-0.15, -0.1) is 0 Å². The van der Waals surface area contributed by atoms with E-state index in [0.29, 0.717) is 38.5 Å². The number of fused-ring (bicyclic) bond motifs is 1. The van der Waals surface area contributed by atoms with Gasteiger partial charge in [-0.05, 0) is 60.7 Å². The van der Waals surface area contributed by atoms with Gasteiger partial charge in [0.05, 0.1) is 12.1 Å². The Labute approximate surface area is 196 Å². The molecule has 5 nitrogen and oxygen atoms in total. The summed E-state index contributed by atoms with van der Waals surface area (Å²) in [7, 11) is 1.58. The van der Waals surface area contributed by atoms with Gasteiger partial charge in [0, 0.05) is 32.4 Å². The second-order valence-electron chi connectivity index (χ2n) is 6.54. The summed E-state index contributed by atoms with van der Waals surface area (Å²) in [6.45, 7) is 0. The summed E-state index contributed by atoms with van der Waals surface area (Å²) in [6.07, 6.45) is 3.14. The first-order valence-corrected chi connectivity index (χ1v) is 10.7. The average Bonchev–Trinajstić information content (AvgIpc) is 3.17. The Morgan fingerprint density at radius 2 is 1.90 bits per heavy atom. The molecule has 8 heteroatoms. The molecule has 1 heterocycles. The SMILES string of the molecule is COc1ccc(Br)cc1/C=C/C(=O)Nc1ccc(-c2nc3cc(Cl)cc(Cl)c3o2)cc1. The van der Waals surface area contributed by atoms with Crippen LogP contribution in [0.3, 0.4) is 0 Å². The van der Waals surface area contributed by atoms with Crippen LogP contribution in [0.15, 0.2) is 69.6 Å². The lowest BCUT2D eigenvalue weighted by Crippen LogP contribution is -2.07. The van der Waals surface area contributed by atoms with Gasteiger partial charge in [-0.2, -0.15) is 0 Å². The molecule has 0 saturated carbocycles. The number of benzene rings is 3. The van der Waals surface area contributed by atoms with Crippen molar-refractivity contribution in [2.45, 2.75) is 0 Å². The van der Waals surface area contributed by atoms with Gasteiger partial charge in [0.1, 0.15) is 11.3 Å². The Morgan fingerprint density at radius 3 is 2.65 bits per heavy atom. The number of aromatic nitrogens is 1. The van der Waals surface area contributed by atoms with E-state index in [4.69, 9.17) is 32.4 Å². The molecule has 31 heavy (non-hydrogen) atoms. The van der Waals surface area contributed by atoms with E-state index in [1.54, 1.807) is 49.6 Å². The third kappa shape index (κ3) is 4.93. The van der Waals surface area contributed by atoms with E-state index in [-0.39, 0.29) is 5.91 Å². The summed E-state index contributed by atoms with van der Waals surface area (Å²) in [5.74, 6) is 0.827. The van der Waals surface area contributed by atoms with Crippen molar-refractivity contribution < 1.29 is 13.9 Å². The molecule has 4 aromatic rings. The predicted molar refractivity (Wildman–Crippen MR) is 128 cm³/mol. The highest BCUT2D eigenvalue weighted by Gasteiger charge is 2.12. The van der Waals surface area contributed by atoms with Gasteiger partial charge in [-0.25, -0.2) is 4.98 Å². The van der Waals surface area contributed by atoms with Crippen molar-refractivity contribution in [1.29, 1.82) is 0 Å². The maximum absolute atomic E-state index is 12.3. The Morgan fingerprint density at radius 1 is 1.13 bits per heavy atom. The number of nitrogens with zero attached hydrogens (tertiary/aromatic N) is 1. The third-order valence-electron chi connectivity index (χ3n) is 4.41. The Kier molecular flexibility index (Phi) is 6.32. The molecule has 0 fully saturated rings. The number of carbonyl (C=O) groups excluding carboxylic acids is 1. The van der Waals surface area contributed by atoms with Crippen LogP contribution in [0.2, 0.25) is 10.0 Å². The van der Waals surface area contributed by atoms with Crippen LogP contribution in [-0.2, 0) is 4.79 Å². The summed E-state index contributed by atoms with van der Waals surface area (Å²) in [4.78, 5) is 16.7. The van der Waals surface area contributed by atoms with Gasteiger partial charge >= 0.3 is 0 Å². The number of nitrogens with one attached hydrogen (secondary N) is 1. The second kappa shape index (κ2) is 9.14. The zero-order chi connectivity index (χ0) is 22.0. The highest BCUT2D eigenvalue weighted by atomic mass is 79.9. The molecule has 0 atom stereocenters. The van der Waals surface area contributed by atoms with Crippen LogP contribution in [0.5, 0.6) is 5.75 Å². The molecule has 0 aliphatic heterocycles. The van der Waals surface area contributed by atoms with Crippen molar-refractivity contribution in [3.63, 3.8) is 0 Å². The van der Waals surface area contributed by atoms with Gasteiger partial charge in [-0.1, -0.05) is 39.1 Å². The third-order valence-corrected chi connectivity index (χ3v) is 5.41. The van der Waals surface area contributed by atoms with Crippen LogP contribution in [0, 0.1) is 0 Å². The van der Waals surface area contributed by atoms with E-state index in [2.05, 4.69) is 26.2 Å². The maximum atomic E-state index is 12.3. The number of halogens is 3. The molecule has 0 aliphatic carbocycles. The van der Waals surface area contributed by atoms with Crippen LogP contribution >= 0.6 is 39.1 Å². The standard InChI is InChI=1S/C23H15BrCl2N2O3/c1-30-20-8-5-15(24)10-14(20)4-9-21(29)27-17-6-2-13(3-7-17)23-28-19-12-16(25)11-18(26)22(19)31-23/h2-12H,1H3,(H,27,29)/b9-4+. The second-order valence-corrected chi connectivity index (χ2v) is 8.30. The van der Waals surface area contributed by atoms with Gasteiger partial charge in [0.15, 0.2) is 5.58 Å². The van der Waals surface area contributed by atoms with E-state index >= 15 is 0 Å². The molecule has 0 unspecified atom stereocenters. The van der Waals surface area contributed by atoms with Crippen LogP contribution in [0.4, 0.5) is 5.69 Å². The summed E-state index contributed by atoms with van der Waals surface area (Å²) < 4.78 is 12.0. The molecule has 1 amide bonds. The molecule has 1 N–H and O–H groups in total. The first-order chi connectivity index (χ1) is 14.9. The predicted octanol–water partition coefficient (Wildman–Crippen LogP) is 7.22. The minimum atomic E-state index is -0.266. The Hall–Kier alpha value is -2.80. The number of methoxy groups -OCH3 is 1. The van der Waals surface area contributed by atoms with E-state index in [9.17, 15) is 4.79 Å². The molecule has 0 saturated heterocycles. The highest BCUT2D eigenvalue weighted by molar-refractivity contribution is 9.10. The maximum Gasteiger partial charge on any atom is 0.248 e. The molecule has 3 aromatic carbocycles. The van der Waals surface area contributed by atoms with Crippen molar-refractivity contribution in [1.82, 2.24) is 4.98 Å². The lowest BCUT2D eigenvalue weighted by Gasteiger charge is -2.05. The fourth-order valence-electron chi connectivity index (χ4n) is 2.96. The van der Waals surface area contributed by atoms with E-state index in [1.807, 2.05) is 18.2 Å². The Balaban J connectivity index is 1.48. The first kappa shape index (κ1) is 21.4. The summed E-state index contributed by atoms with van der Waals surface area (Å²) in [5.41, 5.74) is 3.23. The molecule has 156 valence electrons. The number of hydrogen-bond donors (Lipinski definition) is 1. The first-order valence-electron chi connectivity index (χ1n) is 9.11. The Bertz CT molecular complexity index is 1300. The lowest BCUT2D eigenvalue weighted by molar-refractivity contribution is -0.111. The highest BCUT2D eigenvalue weighted by Crippen LogP contribution is 2.32. The number of ether oxygens (including phenoxy) is 1. The summed E-state index contributed by atoms with van der Waals surface area (Å²) >= 11 is 15.6. The van der Waals surface area contributed by atoms with Gasteiger partial charge in [0.2, 0.25) is 11.8 Å². The molecule has 0 radical (unpaired) electrons. The molecule has 0 spiro atoms. The van der Waals surface area contributed by atoms with Gasteiger partial charge in [-0.3, -0.25) is 4.79 Å². The zero-order valence-electron chi connectivity index (χ0n) is 16.2. The van der Waals surface area contributed by atoms with Crippen LogP contribution in [0.1, 0.15) is 5.56 Å². The van der Waals surface area contributed by atoms with Crippen LogP contribution in [-0.4, -0.2) is 18.0 Å². The molecular formula is C23H15BrCl2N2O3. The fraction of sp³-hybridized carbons (Fsp3) is 0.0435. The topological polar surface area (TPSA) is 64.4 Å². The zero-order valence-corrected chi connectivity index (χ0v) is 19.3.